The predicted octanol–water partition coefficient (Wildman–Crippen LogP) is 3.54. The Morgan fingerprint density at radius 3 is 2.86 bits per heavy atom. The van der Waals surface area contributed by atoms with Gasteiger partial charge in [-0.3, -0.25) is 4.79 Å². The smallest absolute Gasteiger partial charge is 0.287 e. The summed E-state index contributed by atoms with van der Waals surface area (Å²) in [6.45, 7) is 2.16. The monoisotopic (exact) mass is 351 g/mol. The van der Waals surface area contributed by atoms with Crippen LogP contribution in [0.25, 0.3) is 11.0 Å². The first kappa shape index (κ1) is 14.6. The lowest BCUT2D eigenvalue weighted by atomic mass is 10.0. The molecule has 3 rings (SSSR count). The lowest BCUT2D eigenvalue weighted by Gasteiger charge is -2.21. The minimum atomic E-state index is -0.751. The molecule has 0 bridgehead atoms. The first-order valence-corrected chi connectivity index (χ1v) is 7.97. The zero-order chi connectivity index (χ0) is 15.0. The molecule has 4 nitrogen and oxygen atoms in total. The molecule has 1 fully saturated rings. The second-order valence-corrected chi connectivity index (χ2v) is 6.73. The molecule has 0 spiro atoms. The molecule has 1 aliphatic carbocycles. The number of rotatable bonds is 3. The Labute approximate surface area is 131 Å². The van der Waals surface area contributed by atoms with Gasteiger partial charge in [-0.1, -0.05) is 28.8 Å². The fourth-order valence-electron chi connectivity index (χ4n) is 2.94. The minimum absolute atomic E-state index is 0.264. The molecule has 0 radical (unpaired) electrons. The molecule has 0 unspecified atom stereocenters. The molecule has 2 N–H and O–H groups in total. The van der Waals surface area contributed by atoms with E-state index in [4.69, 9.17) is 4.42 Å². The topological polar surface area (TPSA) is 62.5 Å². The van der Waals surface area contributed by atoms with E-state index in [1.807, 2.05) is 25.1 Å². The van der Waals surface area contributed by atoms with Gasteiger partial charge in [0.1, 0.15) is 5.58 Å². The van der Waals surface area contributed by atoms with Gasteiger partial charge in [0, 0.05) is 22.0 Å². The highest BCUT2D eigenvalue weighted by Gasteiger charge is 2.32. The Hall–Kier alpha value is -1.33. The fraction of sp³-hybridized carbons (Fsp3) is 0.438. The highest BCUT2D eigenvalue weighted by atomic mass is 79.9. The van der Waals surface area contributed by atoms with Crippen molar-refractivity contribution >= 4 is 32.8 Å². The summed E-state index contributed by atoms with van der Waals surface area (Å²) in [5.74, 6) is 0.0600. The molecular formula is C16H18BrNO3. The van der Waals surface area contributed by atoms with Crippen molar-refractivity contribution < 1.29 is 14.3 Å². The van der Waals surface area contributed by atoms with Crippen LogP contribution in [0.2, 0.25) is 0 Å². The fourth-order valence-corrected chi connectivity index (χ4v) is 3.31. The van der Waals surface area contributed by atoms with Crippen LogP contribution in [0.3, 0.4) is 0 Å². The van der Waals surface area contributed by atoms with Crippen LogP contribution in [0.1, 0.15) is 41.8 Å². The zero-order valence-electron chi connectivity index (χ0n) is 11.9. The molecule has 0 saturated heterocycles. The summed E-state index contributed by atoms with van der Waals surface area (Å²) < 4.78 is 6.60. The van der Waals surface area contributed by atoms with Crippen LogP contribution in [0.15, 0.2) is 27.1 Å². The van der Waals surface area contributed by atoms with Gasteiger partial charge in [0.05, 0.1) is 5.60 Å². The number of fused-ring (bicyclic) bond motifs is 1. The molecule has 1 amide bonds. The van der Waals surface area contributed by atoms with Gasteiger partial charge in [-0.2, -0.15) is 0 Å². The van der Waals surface area contributed by atoms with Crippen molar-refractivity contribution in [2.75, 3.05) is 6.54 Å². The van der Waals surface area contributed by atoms with E-state index in [1.165, 1.54) is 0 Å². The Bertz CT molecular complexity index is 686. The Kier molecular flexibility index (Phi) is 3.80. The highest BCUT2D eigenvalue weighted by Crippen LogP contribution is 2.30. The van der Waals surface area contributed by atoms with Crippen LogP contribution in [0.4, 0.5) is 0 Å². The van der Waals surface area contributed by atoms with Gasteiger partial charge in [-0.05, 0) is 38.0 Å². The lowest BCUT2D eigenvalue weighted by molar-refractivity contribution is 0.0444. The number of aliphatic hydroxyl groups is 1. The third kappa shape index (κ3) is 2.85. The summed E-state index contributed by atoms with van der Waals surface area (Å²) in [5.41, 5.74) is 0.765. The van der Waals surface area contributed by atoms with Gasteiger partial charge in [-0.25, -0.2) is 0 Å². The van der Waals surface area contributed by atoms with Crippen molar-refractivity contribution in [2.45, 2.75) is 38.2 Å². The van der Waals surface area contributed by atoms with Crippen LogP contribution in [0, 0.1) is 6.92 Å². The van der Waals surface area contributed by atoms with Gasteiger partial charge >= 0.3 is 0 Å². The molecular weight excluding hydrogens is 334 g/mol. The summed E-state index contributed by atoms with van der Waals surface area (Å²) in [5, 5.41) is 14.0. The number of nitrogens with one attached hydrogen (secondary N) is 1. The largest absolute Gasteiger partial charge is 0.451 e. The van der Waals surface area contributed by atoms with Crippen LogP contribution in [-0.2, 0) is 0 Å². The van der Waals surface area contributed by atoms with Crippen LogP contribution in [-0.4, -0.2) is 23.2 Å². The summed E-state index contributed by atoms with van der Waals surface area (Å²) in [7, 11) is 0. The number of carbonyl (C=O) groups is 1. The molecule has 1 aromatic carbocycles. The van der Waals surface area contributed by atoms with E-state index in [-0.39, 0.29) is 12.5 Å². The number of hydrogen-bond donors (Lipinski definition) is 2. The quantitative estimate of drug-likeness (QED) is 0.888. The Morgan fingerprint density at radius 2 is 2.14 bits per heavy atom. The van der Waals surface area contributed by atoms with Gasteiger partial charge < -0.3 is 14.8 Å². The number of furan rings is 1. The number of hydrogen-bond acceptors (Lipinski definition) is 3. The highest BCUT2D eigenvalue weighted by molar-refractivity contribution is 9.10. The van der Waals surface area contributed by atoms with Crippen molar-refractivity contribution in [3.63, 3.8) is 0 Å². The van der Waals surface area contributed by atoms with Crippen LogP contribution >= 0.6 is 15.9 Å². The van der Waals surface area contributed by atoms with E-state index >= 15 is 0 Å². The van der Waals surface area contributed by atoms with Crippen molar-refractivity contribution in [2.24, 2.45) is 0 Å². The molecule has 1 saturated carbocycles. The van der Waals surface area contributed by atoms with Crippen molar-refractivity contribution in [3.05, 3.63) is 34.0 Å². The molecule has 0 aliphatic heterocycles. The van der Waals surface area contributed by atoms with Crippen molar-refractivity contribution in [1.29, 1.82) is 0 Å². The number of carbonyl (C=O) groups excluding carboxylic acids is 1. The molecule has 2 aromatic rings. The van der Waals surface area contributed by atoms with E-state index in [0.717, 1.165) is 41.1 Å². The maximum absolute atomic E-state index is 12.3. The Balaban J connectivity index is 1.80. The second kappa shape index (κ2) is 5.46. The van der Waals surface area contributed by atoms with Gasteiger partial charge in [0.25, 0.3) is 5.91 Å². The van der Waals surface area contributed by atoms with E-state index in [1.54, 1.807) is 0 Å². The number of amides is 1. The average Bonchev–Trinajstić information content (AvgIpc) is 3.02. The third-order valence-corrected chi connectivity index (χ3v) is 4.71. The molecule has 1 aliphatic rings. The number of aryl methyl sites for hydroxylation is 1. The van der Waals surface area contributed by atoms with Crippen molar-refractivity contribution in [1.82, 2.24) is 5.32 Å². The van der Waals surface area contributed by atoms with E-state index in [2.05, 4.69) is 21.2 Å². The molecule has 21 heavy (non-hydrogen) atoms. The number of benzene rings is 1. The van der Waals surface area contributed by atoms with E-state index in [9.17, 15) is 9.90 Å². The Morgan fingerprint density at radius 1 is 1.43 bits per heavy atom. The lowest BCUT2D eigenvalue weighted by Crippen LogP contribution is -2.40. The maximum Gasteiger partial charge on any atom is 0.287 e. The maximum atomic E-state index is 12.3. The first-order chi connectivity index (χ1) is 9.98. The van der Waals surface area contributed by atoms with E-state index in [0.29, 0.717) is 11.3 Å². The number of halogens is 1. The average molecular weight is 352 g/mol. The minimum Gasteiger partial charge on any atom is -0.451 e. The summed E-state index contributed by atoms with van der Waals surface area (Å²) in [6, 6.07) is 5.66. The predicted molar refractivity (Wildman–Crippen MR) is 84.4 cm³/mol. The molecule has 1 aromatic heterocycles. The third-order valence-electron chi connectivity index (χ3n) is 4.22. The van der Waals surface area contributed by atoms with Crippen LogP contribution < -0.4 is 5.32 Å². The van der Waals surface area contributed by atoms with E-state index < -0.39 is 5.60 Å². The first-order valence-electron chi connectivity index (χ1n) is 7.18. The second-order valence-electron chi connectivity index (χ2n) is 5.81. The SMILES string of the molecule is Cc1c(C(=O)NCC2(O)CCCC2)oc2ccc(Br)cc12. The standard InChI is InChI=1S/C16H18BrNO3/c1-10-12-8-11(17)4-5-13(12)21-14(10)15(19)18-9-16(20)6-2-3-7-16/h4-5,8,20H,2-3,6-7,9H2,1H3,(H,18,19). The summed E-state index contributed by atoms with van der Waals surface area (Å²) >= 11 is 3.42. The van der Waals surface area contributed by atoms with Crippen molar-refractivity contribution in [3.8, 4) is 0 Å². The normalized spacial score (nSPS) is 17.3. The van der Waals surface area contributed by atoms with Gasteiger partial charge in [0.2, 0.25) is 0 Å². The van der Waals surface area contributed by atoms with Gasteiger partial charge in [-0.15, -0.1) is 0 Å². The molecule has 1 heterocycles. The van der Waals surface area contributed by atoms with Crippen LogP contribution in [0.5, 0.6) is 0 Å². The summed E-state index contributed by atoms with van der Waals surface area (Å²) in [6.07, 6.45) is 3.53. The van der Waals surface area contributed by atoms with Gasteiger partial charge in [0.15, 0.2) is 5.76 Å². The molecule has 112 valence electrons. The molecule has 0 atom stereocenters. The summed E-state index contributed by atoms with van der Waals surface area (Å²) in [4.78, 5) is 12.3. The molecule has 5 heteroatoms. The zero-order valence-corrected chi connectivity index (χ0v) is 13.5.